The number of rotatable bonds is 4. The molecule has 1 aliphatic carbocycles. The van der Waals surface area contributed by atoms with E-state index in [1.165, 1.54) is 4.57 Å². The highest BCUT2D eigenvalue weighted by Crippen LogP contribution is 2.23. The number of fused-ring (bicyclic) bond motifs is 1. The predicted molar refractivity (Wildman–Crippen MR) is 93.0 cm³/mol. The number of aromatic amines is 1. The summed E-state index contributed by atoms with van der Waals surface area (Å²) in [6, 6.07) is 7.18. The number of hydrogen-bond acceptors (Lipinski definition) is 3. The van der Waals surface area contributed by atoms with Crippen LogP contribution in [-0.2, 0) is 11.3 Å². The summed E-state index contributed by atoms with van der Waals surface area (Å²) in [5.74, 6) is 0.695. The lowest BCUT2D eigenvalue weighted by Crippen LogP contribution is -2.38. The van der Waals surface area contributed by atoms with Crippen molar-refractivity contribution in [3.8, 4) is 0 Å². The van der Waals surface area contributed by atoms with Crippen molar-refractivity contribution in [3.05, 3.63) is 45.1 Å². The van der Waals surface area contributed by atoms with E-state index in [0.29, 0.717) is 10.9 Å². The molecule has 0 bridgehead atoms. The Kier molecular flexibility index (Phi) is 4.83. The second kappa shape index (κ2) is 7.03. The zero-order valence-electron chi connectivity index (χ0n) is 13.9. The van der Waals surface area contributed by atoms with Gasteiger partial charge in [-0.2, -0.15) is 0 Å². The van der Waals surface area contributed by atoms with E-state index in [0.717, 1.165) is 31.6 Å². The third-order valence-corrected chi connectivity index (χ3v) is 4.85. The quantitative estimate of drug-likeness (QED) is 0.897. The zero-order valence-corrected chi connectivity index (χ0v) is 13.9. The number of aromatic nitrogens is 2. The Bertz CT molecular complexity index is 844. The van der Waals surface area contributed by atoms with Crippen LogP contribution in [-0.4, -0.2) is 21.5 Å². The number of aryl methyl sites for hydroxylation is 1. The fraction of sp³-hybridized carbons (Fsp3) is 0.500. The van der Waals surface area contributed by atoms with E-state index in [1.807, 2.05) is 0 Å². The Balaban J connectivity index is 1.69. The van der Waals surface area contributed by atoms with Gasteiger partial charge in [0, 0.05) is 19.0 Å². The molecule has 3 rings (SSSR count). The van der Waals surface area contributed by atoms with E-state index in [1.54, 1.807) is 24.3 Å². The molecule has 128 valence electrons. The van der Waals surface area contributed by atoms with E-state index < -0.39 is 11.2 Å². The molecular weight excluding hydrogens is 306 g/mol. The van der Waals surface area contributed by atoms with Gasteiger partial charge in [0.15, 0.2) is 0 Å². The van der Waals surface area contributed by atoms with Gasteiger partial charge < -0.3 is 5.32 Å². The van der Waals surface area contributed by atoms with Gasteiger partial charge in [-0.1, -0.05) is 19.1 Å². The molecule has 1 fully saturated rings. The lowest BCUT2D eigenvalue weighted by Gasteiger charge is -2.27. The van der Waals surface area contributed by atoms with Gasteiger partial charge >= 0.3 is 5.69 Å². The minimum atomic E-state index is -0.474. The number of nitrogens with zero attached hydrogens (tertiary/aromatic N) is 1. The van der Waals surface area contributed by atoms with Gasteiger partial charge in [-0.15, -0.1) is 0 Å². The molecular formula is C18H23N3O3. The smallest absolute Gasteiger partial charge is 0.328 e. The molecule has 2 aromatic rings. The zero-order chi connectivity index (χ0) is 17.1. The first kappa shape index (κ1) is 16.5. The summed E-state index contributed by atoms with van der Waals surface area (Å²) in [6.45, 7) is 2.50. The summed E-state index contributed by atoms with van der Waals surface area (Å²) in [6.07, 6.45) is 4.56. The van der Waals surface area contributed by atoms with Crippen LogP contribution in [0.3, 0.4) is 0 Å². The van der Waals surface area contributed by atoms with E-state index in [-0.39, 0.29) is 24.9 Å². The number of amides is 1. The molecule has 1 amide bonds. The van der Waals surface area contributed by atoms with Gasteiger partial charge in [0.1, 0.15) is 0 Å². The summed E-state index contributed by atoms with van der Waals surface area (Å²) in [5.41, 5.74) is -0.309. The molecule has 1 aromatic heterocycles. The number of carbonyl (C=O) groups excluding carboxylic acids is 1. The van der Waals surface area contributed by atoms with Crippen LogP contribution in [0, 0.1) is 5.92 Å². The number of carbonyl (C=O) groups is 1. The molecule has 0 spiro atoms. The van der Waals surface area contributed by atoms with Crippen LogP contribution in [0.2, 0.25) is 0 Å². The monoisotopic (exact) mass is 329 g/mol. The Morgan fingerprint density at radius 2 is 1.92 bits per heavy atom. The van der Waals surface area contributed by atoms with Gasteiger partial charge in [-0.3, -0.25) is 19.1 Å². The highest BCUT2D eigenvalue weighted by Gasteiger charge is 2.19. The largest absolute Gasteiger partial charge is 0.353 e. The highest BCUT2D eigenvalue weighted by atomic mass is 16.2. The number of benzene rings is 1. The van der Waals surface area contributed by atoms with Crippen molar-refractivity contribution in [3.63, 3.8) is 0 Å². The van der Waals surface area contributed by atoms with Crippen LogP contribution < -0.4 is 16.6 Å². The van der Waals surface area contributed by atoms with Crippen LogP contribution in [0.25, 0.3) is 10.9 Å². The first-order valence-electron chi connectivity index (χ1n) is 8.56. The van der Waals surface area contributed by atoms with E-state index in [4.69, 9.17) is 0 Å². The van der Waals surface area contributed by atoms with Gasteiger partial charge in [-0.25, -0.2) is 4.79 Å². The number of para-hydroxylation sites is 1. The molecule has 0 saturated heterocycles. The Morgan fingerprint density at radius 1 is 1.21 bits per heavy atom. The van der Waals surface area contributed by atoms with Crippen molar-refractivity contribution in [2.75, 3.05) is 0 Å². The van der Waals surface area contributed by atoms with E-state index in [9.17, 15) is 14.4 Å². The molecule has 1 aliphatic rings. The molecule has 2 N–H and O–H groups in total. The molecule has 0 aliphatic heterocycles. The van der Waals surface area contributed by atoms with E-state index >= 15 is 0 Å². The molecule has 6 nitrogen and oxygen atoms in total. The summed E-state index contributed by atoms with van der Waals surface area (Å²) in [7, 11) is 0. The van der Waals surface area contributed by atoms with Crippen LogP contribution in [0.4, 0.5) is 0 Å². The topological polar surface area (TPSA) is 84.0 Å². The van der Waals surface area contributed by atoms with Crippen molar-refractivity contribution in [1.82, 2.24) is 14.9 Å². The molecule has 1 heterocycles. The van der Waals surface area contributed by atoms with Crippen LogP contribution in [0.1, 0.15) is 39.0 Å². The molecule has 0 radical (unpaired) electrons. The fourth-order valence-corrected chi connectivity index (χ4v) is 3.38. The van der Waals surface area contributed by atoms with Crippen molar-refractivity contribution in [2.24, 2.45) is 5.92 Å². The standard InChI is InChI=1S/C18H23N3O3/c1-12-6-8-13(9-7-12)19-16(22)10-11-21-15-5-3-2-4-14(15)17(23)20-18(21)24/h2-5,12-13H,6-11H2,1H3,(H,19,22)(H,20,23,24). The fourth-order valence-electron chi connectivity index (χ4n) is 3.38. The summed E-state index contributed by atoms with van der Waals surface area (Å²) < 4.78 is 1.46. The maximum Gasteiger partial charge on any atom is 0.328 e. The van der Waals surface area contributed by atoms with E-state index in [2.05, 4.69) is 17.2 Å². The van der Waals surface area contributed by atoms with Gasteiger partial charge in [0.2, 0.25) is 5.91 Å². The van der Waals surface area contributed by atoms with Crippen LogP contribution in [0.5, 0.6) is 0 Å². The average Bonchev–Trinajstić information content (AvgIpc) is 2.57. The van der Waals surface area contributed by atoms with Crippen LogP contribution in [0.15, 0.2) is 33.9 Å². The molecule has 0 atom stereocenters. The van der Waals surface area contributed by atoms with Gasteiger partial charge in [-0.05, 0) is 43.7 Å². The first-order valence-corrected chi connectivity index (χ1v) is 8.56. The number of nitrogens with one attached hydrogen (secondary N) is 2. The minimum Gasteiger partial charge on any atom is -0.353 e. The van der Waals surface area contributed by atoms with Crippen molar-refractivity contribution in [2.45, 2.75) is 51.6 Å². The SMILES string of the molecule is CC1CCC(NC(=O)CCn2c(=O)[nH]c(=O)c3ccccc32)CC1. The maximum absolute atomic E-state index is 12.2. The minimum absolute atomic E-state index is 0.0447. The number of hydrogen-bond donors (Lipinski definition) is 2. The Hall–Kier alpha value is -2.37. The predicted octanol–water partition coefficient (Wildman–Crippen LogP) is 1.77. The van der Waals surface area contributed by atoms with Crippen molar-refractivity contribution >= 4 is 16.8 Å². The molecule has 6 heteroatoms. The van der Waals surface area contributed by atoms with Gasteiger partial charge in [0.25, 0.3) is 5.56 Å². The Morgan fingerprint density at radius 3 is 2.67 bits per heavy atom. The van der Waals surface area contributed by atoms with Gasteiger partial charge in [0.05, 0.1) is 10.9 Å². The second-order valence-corrected chi connectivity index (χ2v) is 6.70. The third kappa shape index (κ3) is 3.58. The average molecular weight is 329 g/mol. The third-order valence-electron chi connectivity index (χ3n) is 4.85. The first-order chi connectivity index (χ1) is 11.5. The molecule has 1 saturated carbocycles. The molecule has 0 unspecified atom stereocenters. The highest BCUT2D eigenvalue weighted by molar-refractivity contribution is 5.79. The number of H-pyrrole nitrogens is 1. The maximum atomic E-state index is 12.2. The summed E-state index contributed by atoms with van der Waals surface area (Å²) in [5, 5.41) is 3.52. The lowest BCUT2D eigenvalue weighted by molar-refractivity contribution is -0.122. The second-order valence-electron chi connectivity index (χ2n) is 6.70. The van der Waals surface area contributed by atoms with Crippen molar-refractivity contribution < 1.29 is 4.79 Å². The van der Waals surface area contributed by atoms with Crippen molar-refractivity contribution in [1.29, 1.82) is 0 Å². The molecule has 24 heavy (non-hydrogen) atoms. The summed E-state index contributed by atoms with van der Waals surface area (Å²) >= 11 is 0. The lowest BCUT2D eigenvalue weighted by atomic mass is 9.87. The molecule has 1 aromatic carbocycles. The Labute approximate surface area is 139 Å². The van der Waals surface area contributed by atoms with Crippen LogP contribution >= 0.6 is 0 Å². The normalized spacial score (nSPS) is 20.9. The summed E-state index contributed by atoms with van der Waals surface area (Å²) in [4.78, 5) is 38.4.